The molecule has 0 saturated heterocycles. The summed E-state index contributed by atoms with van der Waals surface area (Å²) in [7, 11) is 1.65. The van der Waals surface area contributed by atoms with E-state index < -0.39 is 0 Å². The molecule has 0 bridgehead atoms. The van der Waals surface area contributed by atoms with E-state index in [0.717, 1.165) is 29.0 Å². The first-order valence-electron chi connectivity index (χ1n) is 4.84. The normalized spacial score (nSPS) is 10.1. The number of aromatic nitrogens is 1. The van der Waals surface area contributed by atoms with Crippen LogP contribution < -0.4 is 4.74 Å². The lowest BCUT2D eigenvalue weighted by atomic mass is 10.1. The van der Waals surface area contributed by atoms with Gasteiger partial charge >= 0.3 is 0 Å². The maximum atomic E-state index is 10.5. The Labute approximate surface area is 97.7 Å². The fourth-order valence-corrected chi connectivity index (χ4v) is 2.19. The quantitative estimate of drug-likeness (QED) is 0.762. The predicted octanol–water partition coefficient (Wildman–Crippen LogP) is 2.56. The SMILES string of the molecule is COc1cccc(Cc2nc(C=O)cs2)c1. The summed E-state index contributed by atoms with van der Waals surface area (Å²) in [5.41, 5.74) is 1.63. The standard InChI is InChI=1S/C12H11NO2S/c1-15-11-4-2-3-9(5-11)6-12-13-10(7-14)8-16-12/h2-5,7-8H,6H2,1H3. The van der Waals surface area contributed by atoms with E-state index in [0.29, 0.717) is 5.69 Å². The Balaban J connectivity index is 2.16. The molecule has 82 valence electrons. The minimum Gasteiger partial charge on any atom is -0.497 e. The highest BCUT2D eigenvalue weighted by molar-refractivity contribution is 7.09. The summed E-state index contributed by atoms with van der Waals surface area (Å²) in [6.07, 6.45) is 1.50. The summed E-state index contributed by atoms with van der Waals surface area (Å²) in [5.74, 6) is 0.838. The van der Waals surface area contributed by atoms with Crippen LogP contribution in [0.1, 0.15) is 21.1 Å². The lowest BCUT2D eigenvalue weighted by Crippen LogP contribution is -1.90. The number of aldehydes is 1. The van der Waals surface area contributed by atoms with E-state index in [1.54, 1.807) is 12.5 Å². The molecule has 0 aliphatic rings. The van der Waals surface area contributed by atoms with Gasteiger partial charge in [0.05, 0.1) is 12.1 Å². The highest BCUT2D eigenvalue weighted by Crippen LogP contribution is 2.18. The van der Waals surface area contributed by atoms with Crippen molar-refractivity contribution in [3.8, 4) is 5.75 Å². The van der Waals surface area contributed by atoms with Gasteiger partial charge in [-0.2, -0.15) is 0 Å². The molecule has 0 N–H and O–H groups in total. The van der Waals surface area contributed by atoms with Gasteiger partial charge in [-0.3, -0.25) is 4.79 Å². The summed E-state index contributed by atoms with van der Waals surface area (Å²) in [6.45, 7) is 0. The third-order valence-corrected chi connectivity index (χ3v) is 3.05. The van der Waals surface area contributed by atoms with Crippen LogP contribution in [-0.4, -0.2) is 18.4 Å². The average molecular weight is 233 g/mol. The monoisotopic (exact) mass is 233 g/mol. The Hall–Kier alpha value is -1.68. The van der Waals surface area contributed by atoms with Gasteiger partial charge in [-0.15, -0.1) is 11.3 Å². The number of benzene rings is 1. The van der Waals surface area contributed by atoms with Crippen molar-refractivity contribution in [1.82, 2.24) is 4.98 Å². The summed E-state index contributed by atoms with van der Waals surface area (Å²) < 4.78 is 5.15. The van der Waals surface area contributed by atoms with E-state index in [1.807, 2.05) is 24.3 Å². The van der Waals surface area contributed by atoms with Crippen LogP contribution in [0.4, 0.5) is 0 Å². The third kappa shape index (κ3) is 2.46. The van der Waals surface area contributed by atoms with Crippen molar-refractivity contribution in [2.24, 2.45) is 0 Å². The highest BCUT2D eigenvalue weighted by atomic mass is 32.1. The molecule has 0 fully saturated rings. The molecule has 0 aliphatic carbocycles. The molecule has 2 rings (SSSR count). The van der Waals surface area contributed by atoms with Crippen molar-refractivity contribution < 1.29 is 9.53 Å². The van der Waals surface area contributed by atoms with Crippen molar-refractivity contribution in [2.75, 3.05) is 7.11 Å². The van der Waals surface area contributed by atoms with E-state index in [9.17, 15) is 4.79 Å². The molecule has 0 spiro atoms. The van der Waals surface area contributed by atoms with Crippen molar-refractivity contribution >= 4 is 17.6 Å². The van der Waals surface area contributed by atoms with Crippen molar-refractivity contribution in [3.63, 3.8) is 0 Å². The van der Waals surface area contributed by atoms with Crippen LogP contribution in [0.2, 0.25) is 0 Å². The number of carbonyl (C=O) groups excluding carboxylic acids is 1. The number of carbonyl (C=O) groups is 1. The van der Waals surface area contributed by atoms with Gasteiger partial charge in [-0.25, -0.2) is 4.98 Å². The second-order valence-corrected chi connectivity index (χ2v) is 4.25. The topological polar surface area (TPSA) is 39.2 Å². The smallest absolute Gasteiger partial charge is 0.169 e. The molecule has 0 unspecified atom stereocenters. The Bertz CT molecular complexity index is 493. The van der Waals surface area contributed by atoms with Crippen LogP contribution >= 0.6 is 11.3 Å². The van der Waals surface area contributed by atoms with E-state index in [1.165, 1.54) is 11.3 Å². The van der Waals surface area contributed by atoms with Gasteiger partial charge < -0.3 is 4.74 Å². The number of ether oxygens (including phenoxy) is 1. The van der Waals surface area contributed by atoms with Crippen LogP contribution in [0.3, 0.4) is 0 Å². The Kier molecular flexibility index (Phi) is 3.31. The maximum Gasteiger partial charge on any atom is 0.169 e. The first-order valence-corrected chi connectivity index (χ1v) is 5.72. The Morgan fingerprint density at radius 2 is 2.38 bits per heavy atom. The van der Waals surface area contributed by atoms with Crippen molar-refractivity contribution in [2.45, 2.75) is 6.42 Å². The Morgan fingerprint density at radius 1 is 1.50 bits per heavy atom. The predicted molar refractivity (Wildman–Crippen MR) is 63.3 cm³/mol. The summed E-state index contributed by atoms with van der Waals surface area (Å²) in [4.78, 5) is 14.7. The molecule has 0 atom stereocenters. The van der Waals surface area contributed by atoms with Crippen LogP contribution in [0.15, 0.2) is 29.6 Å². The zero-order valence-corrected chi connectivity index (χ0v) is 9.66. The molecular weight excluding hydrogens is 222 g/mol. The number of hydrogen-bond acceptors (Lipinski definition) is 4. The summed E-state index contributed by atoms with van der Waals surface area (Å²) in [5, 5.41) is 2.71. The molecule has 0 saturated carbocycles. The van der Waals surface area contributed by atoms with Gasteiger partial charge in [0.25, 0.3) is 0 Å². The minimum atomic E-state index is 0.503. The third-order valence-electron chi connectivity index (χ3n) is 2.18. The number of rotatable bonds is 4. The van der Waals surface area contributed by atoms with Gasteiger partial charge in [-0.05, 0) is 17.7 Å². The van der Waals surface area contributed by atoms with Gasteiger partial charge in [-0.1, -0.05) is 12.1 Å². The molecule has 0 amide bonds. The molecule has 1 aromatic heterocycles. The van der Waals surface area contributed by atoms with Gasteiger partial charge in [0.15, 0.2) is 6.29 Å². The lowest BCUT2D eigenvalue weighted by molar-refractivity contribution is 0.111. The number of nitrogens with zero attached hydrogens (tertiary/aromatic N) is 1. The van der Waals surface area contributed by atoms with Crippen molar-refractivity contribution in [1.29, 1.82) is 0 Å². The number of methoxy groups -OCH3 is 1. The first-order chi connectivity index (χ1) is 7.81. The molecule has 1 aromatic carbocycles. The molecule has 1 heterocycles. The van der Waals surface area contributed by atoms with E-state index in [2.05, 4.69) is 4.98 Å². The highest BCUT2D eigenvalue weighted by Gasteiger charge is 2.03. The molecule has 0 radical (unpaired) electrons. The maximum absolute atomic E-state index is 10.5. The molecule has 4 heteroatoms. The average Bonchev–Trinajstić information content (AvgIpc) is 2.77. The largest absolute Gasteiger partial charge is 0.497 e. The van der Waals surface area contributed by atoms with E-state index >= 15 is 0 Å². The summed E-state index contributed by atoms with van der Waals surface area (Å²) >= 11 is 1.50. The van der Waals surface area contributed by atoms with Gasteiger partial charge in [0, 0.05) is 11.8 Å². The number of thiazole rings is 1. The van der Waals surface area contributed by atoms with Crippen LogP contribution in [-0.2, 0) is 6.42 Å². The second-order valence-electron chi connectivity index (χ2n) is 3.31. The van der Waals surface area contributed by atoms with Crippen LogP contribution in [0.25, 0.3) is 0 Å². The fraction of sp³-hybridized carbons (Fsp3) is 0.167. The van der Waals surface area contributed by atoms with Gasteiger partial charge in [0.1, 0.15) is 11.4 Å². The fourth-order valence-electron chi connectivity index (χ4n) is 1.42. The zero-order valence-electron chi connectivity index (χ0n) is 8.84. The molecule has 3 nitrogen and oxygen atoms in total. The molecule has 0 aliphatic heterocycles. The summed E-state index contributed by atoms with van der Waals surface area (Å²) in [6, 6.07) is 7.84. The lowest BCUT2D eigenvalue weighted by Gasteiger charge is -2.02. The molecular formula is C12H11NO2S. The minimum absolute atomic E-state index is 0.503. The Morgan fingerprint density at radius 3 is 3.06 bits per heavy atom. The van der Waals surface area contributed by atoms with E-state index in [4.69, 9.17) is 4.74 Å². The van der Waals surface area contributed by atoms with E-state index in [-0.39, 0.29) is 0 Å². The first kappa shape index (κ1) is 10.8. The zero-order chi connectivity index (χ0) is 11.4. The van der Waals surface area contributed by atoms with Crippen LogP contribution in [0, 0.1) is 0 Å². The second kappa shape index (κ2) is 4.90. The molecule has 2 aromatic rings. The van der Waals surface area contributed by atoms with Crippen molar-refractivity contribution in [3.05, 3.63) is 45.9 Å². The van der Waals surface area contributed by atoms with Crippen LogP contribution in [0.5, 0.6) is 5.75 Å². The van der Waals surface area contributed by atoms with Gasteiger partial charge in [0.2, 0.25) is 0 Å². The number of hydrogen-bond donors (Lipinski definition) is 0. The molecule has 16 heavy (non-hydrogen) atoms.